The van der Waals surface area contributed by atoms with Crippen LogP contribution in [-0.2, 0) is 4.79 Å². The molecule has 0 aliphatic rings. The molecular formula is C11H20ClN3O2. The maximum atomic E-state index is 11.5. The van der Waals surface area contributed by atoms with Gasteiger partial charge in [-0.15, -0.1) is 12.4 Å². The zero-order chi connectivity index (χ0) is 12.1. The van der Waals surface area contributed by atoms with E-state index in [1.165, 1.54) is 0 Å². The Labute approximate surface area is 108 Å². The molecule has 17 heavy (non-hydrogen) atoms. The molecule has 0 fully saturated rings. The quantitative estimate of drug-likeness (QED) is 0.843. The van der Waals surface area contributed by atoms with Crippen LogP contribution in [0.1, 0.15) is 36.4 Å². The molecule has 1 atom stereocenters. The molecular weight excluding hydrogens is 242 g/mol. The molecule has 1 rings (SSSR count). The number of likely N-dealkylation sites (N-methyl/N-ethyl adjacent to an activating group) is 1. The summed E-state index contributed by atoms with van der Waals surface area (Å²) in [6.45, 7) is 6.09. The monoisotopic (exact) mass is 261 g/mol. The lowest BCUT2D eigenvalue weighted by Gasteiger charge is -2.16. The van der Waals surface area contributed by atoms with E-state index in [4.69, 9.17) is 4.52 Å². The number of hydrogen-bond acceptors (Lipinski definition) is 4. The molecule has 0 saturated heterocycles. The fraction of sp³-hybridized carbons (Fsp3) is 0.636. The highest BCUT2D eigenvalue weighted by molar-refractivity contribution is 5.85. The van der Waals surface area contributed by atoms with Gasteiger partial charge in [0.1, 0.15) is 5.76 Å². The molecule has 0 aromatic carbocycles. The Balaban J connectivity index is 0.00000256. The second-order valence-electron chi connectivity index (χ2n) is 3.80. The van der Waals surface area contributed by atoms with E-state index in [1.54, 1.807) is 7.05 Å². The first-order valence-corrected chi connectivity index (χ1v) is 5.46. The van der Waals surface area contributed by atoms with Gasteiger partial charge in [-0.3, -0.25) is 4.79 Å². The van der Waals surface area contributed by atoms with Gasteiger partial charge < -0.3 is 15.2 Å². The summed E-state index contributed by atoms with van der Waals surface area (Å²) in [7, 11) is 1.75. The molecule has 0 saturated carbocycles. The predicted molar refractivity (Wildman–Crippen MR) is 68.3 cm³/mol. The fourth-order valence-corrected chi connectivity index (χ4v) is 1.77. The lowest BCUT2D eigenvalue weighted by Crippen LogP contribution is -2.35. The summed E-state index contributed by atoms with van der Waals surface area (Å²) >= 11 is 0. The van der Waals surface area contributed by atoms with E-state index < -0.39 is 0 Å². The van der Waals surface area contributed by atoms with E-state index in [1.807, 2.05) is 20.8 Å². The third-order valence-corrected chi connectivity index (χ3v) is 2.52. The molecule has 0 bridgehead atoms. The highest BCUT2D eigenvalue weighted by atomic mass is 35.5. The SMILES string of the molecule is CCC(NC(=O)CNC)c1c(C)noc1C.Cl. The summed E-state index contributed by atoms with van der Waals surface area (Å²) < 4.78 is 5.10. The molecule has 2 N–H and O–H groups in total. The van der Waals surface area contributed by atoms with Crippen LogP contribution < -0.4 is 10.6 Å². The third-order valence-electron chi connectivity index (χ3n) is 2.52. The topological polar surface area (TPSA) is 67.2 Å². The van der Waals surface area contributed by atoms with Gasteiger partial charge in [0.25, 0.3) is 0 Å². The van der Waals surface area contributed by atoms with Crippen LogP contribution in [0, 0.1) is 13.8 Å². The van der Waals surface area contributed by atoms with Gasteiger partial charge in [0.2, 0.25) is 5.91 Å². The van der Waals surface area contributed by atoms with Crippen molar-refractivity contribution in [1.29, 1.82) is 0 Å². The zero-order valence-corrected chi connectivity index (χ0v) is 11.5. The van der Waals surface area contributed by atoms with Crippen molar-refractivity contribution in [2.45, 2.75) is 33.2 Å². The second kappa shape index (κ2) is 7.29. The van der Waals surface area contributed by atoms with Gasteiger partial charge >= 0.3 is 0 Å². The lowest BCUT2D eigenvalue weighted by atomic mass is 10.0. The lowest BCUT2D eigenvalue weighted by molar-refractivity contribution is -0.120. The van der Waals surface area contributed by atoms with Crippen LogP contribution >= 0.6 is 12.4 Å². The predicted octanol–water partition coefficient (Wildman–Crippen LogP) is 1.50. The van der Waals surface area contributed by atoms with Crippen LogP contribution in [0.4, 0.5) is 0 Å². The Bertz CT molecular complexity index is 346. The normalized spacial score (nSPS) is 11.8. The summed E-state index contributed by atoms with van der Waals surface area (Å²) in [5.41, 5.74) is 1.83. The van der Waals surface area contributed by atoms with Gasteiger partial charge in [0.15, 0.2) is 0 Å². The van der Waals surface area contributed by atoms with E-state index in [0.717, 1.165) is 23.4 Å². The maximum Gasteiger partial charge on any atom is 0.234 e. The molecule has 1 heterocycles. The van der Waals surface area contributed by atoms with Crippen LogP contribution in [0.2, 0.25) is 0 Å². The number of amides is 1. The van der Waals surface area contributed by atoms with Crippen molar-refractivity contribution in [1.82, 2.24) is 15.8 Å². The molecule has 1 unspecified atom stereocenters. The van der Waals surface area contributed by atoms with Gasteiger partial charge in [-0.05, 0) is 27.3 Å². The van der Waals surface area contributed by atoms with Crippen LogP contribution in [-0.4, -0.2) is 24.7 Å². The number of nitrogens with one attached hydrogen (secondary N) is 2. The fourth-order valence-electron chi connectivity index (χ4n) is 1.77. The van der Waals surface area contributed by atoms with Crippen molar-refractivity contribution in [3.63, 3.8) is 0 Å². The van der Waals surface area contributed by atoms with Crippen LogP contribution in [0.5, 0.6) is 0 Å². The summed E-state index contributed by atoms with van der Waals surface area (Å²) in [6.07, 6.45) is 0.818. The number of carbonyl (C=O) groups is 1. The Kier molecular flexibility index (Phi) is 6.83. The Morgan fingerprint density at radius 2 is 2.12 bits per heavy atom. The maximum absolute atomic E-state index is 11.5. The van der Waals surface area contributed by atoms with E-state index in [2.05, 4.69) is 15.8 Å². The number of rotatable bonds is 5. The van der Waals surface area contributed by atoms with E-state index in [9.17, 15) is 4.79 Å². The highest BCUT2D eigenvalue weighted by Gasteiger charge is 2.20. The molecule has 0 radical (unpaired) electrons. The molecule has 0 aliphatic heterocycles. The van der Waals surface area contributed by atoms with Crippen molar-refractivity contribution < 1.29 is 9.32 Å². The van der Waals surface area contributed by atoms with Gasteiger partial charge in [-0.25, -0.2) is 0 Å². The van der Waals surface area contributed by atoms with Gasteiger partial charge in [-0.1, -0.05) is 12.1 Å². The molecule has 5 nitrogen and oxygen atoms in total. The molecule has 98 valence electrons. The van der Waals surface area contributed by atoms with E-state index in [-0.39, 0.29) is 24.4 Å². The average molecular weight is 262 g/mol. The van der Waals surface area contributed by atoms with Crippen molar-refractivity contribution in [2.24, 2.45) is 0 Å². The summed E-state index contributed by atoms with van der Waals surface area (Å²) in [6, 6.07) is -0.0212. The van der Waals surface area contributed by atoms with Gasteiger partial charge in [0, 0.05) is 5.56 Å². The minimum Gasteiger partial charge on any atom is -0.361 e. The average Bonchev–Trinajstić information content (AvgIpc) is 2.56. The first-order chi connectivity index (χ1) is 7.60. The number of aromatic nitrogens is 1. The summed E-state index contributed by atoms with van der Waals surface area (Å²) in [5, 5.41) is 9.67. The van der Waals surface area contributed by atoms with Crippen molar-refractivity contribution in [3.05, 3.63) is 17.0 Å². The Hall–Kier alpha value is -1.07. The van der Waals surface area contributed by atoms with Crippen LogP contribution in [0.25, 0.3) is 0 Å². The largest absolute Gasteiger partial charge is 0.361 e. The number of halogens is 1. The highest BCUT2D eigenvalue weighted by Crippen LogP contribution is 2.23. The van der Waals surface area contributed by atoms with Gasteiger partial charge in [-0.2, -0.15) is 0 Å². The van der Waals surface area contributed by atoms with Gasteiger partial charge in [0.05, 0.1) is 18.3 Å². The molecule has 0 spiro atoms. The molecule has 1 aromatic heterocycles. The minimum atomic E-state index is -0.0212. The van der Waals surface area contributed by atoms with E-state index >= 15 is 0 Å². The molecule has 1 aromatic rings. The van der Waals surface area contributed by atoms with Crippen molar-refractivity contribution in [3.8, 4) is 0 Å². The summed E-state index contributed by atoms with van der Waals surface area (Å²) in [5.74, 6) is 0.753. The second-order valence-corrected chi connectivity index (χ2v) is 3.80. The summed E-state index contributed by atoms with van der Waals surface area (Å²) in [4.78, 5) is 11.5. The third kappa shape index (κ3) is 4.02. The zero-order valence-electron chi connectivity index (χ0n) is 10.7. The van der Waals surface area contributed by atoms with Crippen LogP contribution in [0.15, 0.2) is 4.52 Å². The number of nitrogens with zero attached hydrogens (tertiary/aromatic N) is 1. The standard InChI is InChI=1S/C11H19N3O2.ClH/c1-5-9(13-10(15)6-12-4)11-7(2)14-16-8(11)3;/h9,12H,5-6H2,1-4H3,(H,13,15);1H. The number of carbonyl (C=O) groups excluding carboxylic acids is 1. The number of aryl methyl sites for hydroxylation is 2. The smallest absolute Gasteiger partial charge is 0.234 e. The first-order valence-electron chi connectivity index (χ1n) is 5.46. The van der Waals surface area contributed by atoms with E-state index in [0.29, 0.717) is 6.54 Å². The Morgan fingerprint density at radius 3 is 2.53 bits per heavy atom. The molecule has 0 aliphatic carbocycles. The van der Waals surface area contributed by atoms with Crippen molar-refractivity contribution in [2.75, 3.05) is 13.6 Å². The first kappa shape index (κ1) is 15.9. The molecule has 6 heteroatoms. The van der Waals surface area contributed by atoms with Crippen LogP contribution in [0.3, 0.4) is 0 Å². The minimum absolute atomic E-state index is 0. The Morgan fingerprint density at radius 1 is 1.47 bits per heavy atom. The molecule has 1 amide bonds. The number of hydrogen-bond donors (Lipinski definition) is 2. The van der Waals surface area contributed by atoms with Crippen molar-refractivity contribution >= 4 is 18.3 Å².